The molecule has 1 aromatic heterocycles. The van der Waals surface area contributed by atoms with Crippen LogP contribution in [-0.2, 0) is 4.79 Å². The van der Waals surface area contributed by atoms with Crippen molar-refractivity contribution in [3.63, 3.8) is 0 Å². The van der Waals surface area contributed by atoms with E-state index in [0.29, 0.717) is 17.1 Å². The lowest BCUT2D eigenvalue weighted by molar-refractivity contribution is -0.118. The summed E-state index contributed by atoms with van der Waals surface area (Å²) in [5.41, 5.74) is 11.0. The number of halogens is 1. The second-order valence-electron chi connectivity index (χ2n) is 4.84. The second kappa shape index (κ2) is 7.55. The van der Waals surface area contributed by atoms with E-state index in [1.165, 1.54) is 0 Å². The van der Waals surface area contributed by atoms with E-state index in [9.17, 15) is 9.59 Å². The molecule has 24 heavy (non-hydrogen) atoms. The molecule has 0 spiro atoms. The fraction of sp³-hybridized carbons (Fsp3) is 0.214. The highest BCUT2D eigenvalue weighted by Crippen LogP contribution is 2.21. The van der Waals surface area contributed by atoms with E-state index in [2.05, 4.69) is 25.8 Å². The molecule has 0 radical (unpaired) electrons. The molecule has 0 aliphatic rings. The van der Waals surface area contributed by atoms with Crippen LogP contribution in [0.4, 0.5) is 17.5 Å². The van der Waals surface area contributed by atoms with Crippen LogP contribution in [0.1, 0.15) is 23.8 Å². The predicted octanol–water partition coefficient (Wildman–Crippen LogP) is 1.04. The quantitative estimate of drug-likeness (QED) is 0.583. The standard InChI is InChI=1S/C14H16ClN7O2/c1-2-9(11(16)23)19-14-20-13(10(12(17)24)21-22-14)18-8-5-3-4-7(15)6-8/h3-6,9H,2H2,1H3,(H2,16,23)(H2,17,24)(H2,18,19,20,22)/t9-/m1/s1. The van der Waals surface area contributed by atoms with Crippen molar-refractivity contribution < 1.29 is 9.59 Å². The maximum absolute atomic E-state index is 11.5. The van der Waals surface area contributed by atoms with E-state index in [4.69, 9.17) is 23.1 Å². The van der Waals surface area contributed by atoms with E-state index in [0.717, 1.165) is 0 Å². The van der Waals surface area contributed by atoms with Crippen LogP contribution in [-0.4, -0.2) is 33.0 Å². The van der Waals surface area contributed by atoms with Gasteiger partial charge in [-0.2, -0.15) is 4.98 Å². The first kappa shape index (κ1) is 17.4. The highest BCUT2D eigenvalue weighted by molar-refractivity contribution is 6.30. The first-order chi connectivity index (χ1) is 11.4. The zero-order valence-electron chi connectivity index (χ0n) is 12.8. The van der Waals surface area contributed by atoms with Crippen LogP contribution in [0.15, 0.2) is 24.3 Å². The molecule has 0 aliphatic carbocycles. The Morgan fingerprint density at radius 1 is 1.29 bits per heavy atom. The van der Waals surface area contributed by atoms with Crippen molar-refractivity contribution >= 4 is 40.9 Å². The number of primary amides is 2. The number of anilines is 3. The van der Waals surface area contributed by atoms with Gasteiger partial charge in [0.2, 0.25) is 11.9 Å². The third-order valence-corrected chi connectivity index (χ3v) is 3.30. The van der Waals surface area contributed by atoms with Crippen LogP contribution in [0, 0.1) is 0 Å². The molecule has 0 unspecified atom stereocenters. The summed E-state index contributed by atoms with van der Waals surface area (Å²) in [6.45, 7) is 1.78. The number of hydrogen-bond acceptors (Lipinski definition) is 7. The molecule has 126 valence electrons. The fourth-order valence-electron chi connectivity index (χ4n) is 1.87. The summed E-state index contributed by atoms with van der Waals surface area (Å²) in [5.74, 6) is -1.23. The molecule has 0 fully saturated rings. The van der Waals surface area contributed by atoms with E-state index in [-0.39, 0.29) is 17.5 Å². The highest BCUT2D eigenvalue weighted by atomic mass is 35.5. The summed E-state index contributed by atoms with van der Waals surface area (Å²) in [7, 11) is 0. The Balaban J connectivity index is 2.34. The lowest BCUT2D eigenvalue weighted by atomic mass is 10.2. The first-order valence-electron chi connectivity index (χ1n) is 7.03. The monoisotopic (exact) mass is 349 g/mol. The van der Waals surface area contributed by atoms with Gasteiger partial charge in [0.05, 0.1) is 0 Å². The Kier molecular flexibility index (Phi) is 5.48. The number of nitrogens with two attached hydrogens (primary N) is 2. The van der Waals surface area contributed by atoms with Gasteiger partial charge in [0.15, 0.2) is 11.5 Å². The largest absolute Gasteiger partial charge is 0.368 e. The molecule has 2 aromatic rings. The Hall–Kier alpha value is -2.94. The van der Waals surface area contributed by atoms with Crippen LogP contribution in [0.3, 0.4) is 0 Å². The van der Waals surface area contributed by atoms with Crippen molar-refractivity contribution in [1.29, 1.82) is 0 Å². The van der Waals surface area contributed by atoms with Crippen molar-refractivity contribution in [2.75, 3.05) is 10.6 Å². The van der Waals surface area contributed by atoms with Crippen LogP contribution < -0.4 is 22.1 Å². The average molecular weight is 350 g/mol. The number of amides is 2. The molecule has 1 aromatic carbocycles. The Morgan fingerprint density at radius 2 is 2.04 bits per heavy atom. The second-order valence-corrected chi connectivity index (χ2v) is 5.28. The van der Waals surface area contributed by atoms with E-state index < -0.39 is 17.9 Å². The lowest BCUT2D eigenvalue weighted by Gasteiger charge is -2.14. The molecule has 0 saturated carbocycles. The van der Waals surface area contributed by atoms with Gasteiger partial charge in [0, 0.05) is 10.7 Å². The number of hydrogen-bond donors (Lipinski definition) is 4. The van der Waals surface area contributed by atoms with Crippen LogP contribution in [0.5, 0.6) is 0 Å². The maximum atomic E-state index is 11.5. The normalized spacial score (nSPS) is 11.6. The maximum Gasteiger partial charge on any atom is 0.273 e. The molecule has 9 nitrogen and oxygen atoms in total. The molecule has 0 bridgehead atoms. The molecule has 0 aliphatic heterocycles. The van der Waals surface area contributed by atoms with Crippen molar-refractivity contribution in [1.82, 2.24) is 15.2 Å². The third kappa shape index (κ3) is 4.29. The molecule has 2 amide bonds. The third-order valence-electron chi connectivity index (χ3n) is 3.06. The van der Waals surface area contributed by atoms with Gasteiger partial charge in [-0.05, 0) is 24.6 Å². The van der Waals surface area contributed by atoms with Crippen LogP contribution in [0.25, 0.3) is 0 Å². The summed E-state index contributed by atoms with van der Waals surface area (Å²) in [4.78, 5) is 26.9. The molecule has 6 N–H and O–H groups in total. The number of benzene rings is 1. The number of aromatic nitrogens is 3. The van der Waals surface area contributed by atoms with Gasteiger partial charge in [-0.3, -0.25) is 9.59 Å². The summed E-state index contributed by atoms with van der Waals surface area (Å²) < 4.78 is 0. The van der Waals surface area contributed by atoms with Gasteiger partial charge in [-0.1, -0.05) is 24.6 Å². The smallest absolute Gasteiger partial charge is 0.273 e. The van der Waals surface area contributed by atoms with Crippen molar-refractivity contribution in [2.24, 2.45) is 11.5 Å². The molecule has 1 heterocycles. The SMILES string of the molecule is CC[C@@H](Nc1nnc(C(N)=O)c(Nc2cccc(Cl)c2)n1)C(N)=O. The Morgan fingerprint density at radius 3 is 2.62 bits per heavy atom. The minimum atomic E-state index is -0.798. The highest BCUT2D eigenvalue weighted by Gasteiger charge is 2.18. The molecule has 2 rings (SSSR count). The van der Waals surface area contributed by atoms with Gasteiger partial charge in [0.1, 0.15) is 6.04 Å². The van der Waals surface area contributed by atoms with E-state index >= 15 is 0 Å². The summed E-state index contributed by atoms with van der Waals surface area (Å²) >= 11 is 5.92. The fourth-order valence-corrected chi connectivity index (χ4v) is 2.06. The first-order valence-corrected chi connectivity index (χ1v) is 7.41. The van der Waals surface area contributed by atoms with Gasteiger partial charge < -0.3 is 22.1 Å². The molecule has 0 saturated heterocycles. The molecular weight excluding hydrogens is 334 g/mol. The average Bonchev–Trinajstić information content (AvgIpc) is 2.52. The van der Waals surface area contributed by atoms with E-state index in [1.807, 2.05) is 0 Å². The lowest BCUT2D eigenvalue weighted by Crippen LogP contribution is -2.35. The minimum absolute atomic E-state index is 0.0372. The summed E-state index contributed by atoms with van der Waals surface area (Å²) in [6, 6.07) is 6.13. The van der Waals surface area contributed by atoms with Crippen LogP contribution in [0.2, 0.25) is 5.02 Å². The number of nitrogens with zero attached hydrogens (tertiary/aromatic N) is 3. The molecular formula is C14H16ClN7O2. The number of nitrogens with one attached hydrogen (secondary N) is 2. The van der Waals surface area contributed by atoms with Crippen molar-refractivity contribution in [2.45, 2.75) is 19.4 Å². The molecule has 10 heteroatoms. The van der Waals surface area contributed by atoms with Crippen LogP contribution >= 0.6 is 11.6 Å². The zero-order chi connectivity index (χ0) is 17.7. The Bertz CT molecular complexity index is 769. The predicted molar refractivity (Wildman–Crippen MR) is 90.0 cm³/mol. The van der Waals surface area contributed by atoms with Crippen molar-refractivity contribution in [3.05, 3.63) is 35.0 Å². The topological polar surface area (TPSA) is 149 Å². The number of carbonyl (C=O) groups excluding carboxylic acids is 2. The minimum Gasteiger partial charge on any atom is -0.368 e. The summed E-state index contributed by atoms with van der Waals surface area (Å²) in [6.07, 6.45) is 0.438. The van der Waals surface area contributed by atoms with Gasteiger partial charge in [-0.25, -0.2) is 0 Å². The molecule has 1 atom stereocenters. The Labute approximate surface area is 142 Å². The van der Waals surface area contributed by atoms with Gasteiger partial charge in [-0.15, -0.1) is 10.2 Å². The van der Waals surface area contributed by atoms with E-state index in [1.54, 1.807) is 31.2 Å². The zero-order valence-corrected chi connectivity index (χ0v) is 13.5. The van der Waals surface area contributed by atoms with Gasteiger partial charge in [0.25, 0.3) is 5.91 Å². The van der Waals surface area contributed by atoms with Gasteiger partial charge >= 0.3 is 0 Å². The number of carbonyl (C=O) groups is 2. The summed E-state index contributed by atoms with van der Waals surface area (Å²) in [5, 5.41) is 13.6. The number of rotatable bonds is 7. The van der Waals surface area contributed by atoms with Crippen molar-refractivity contribution in [3.8, 4) is 0 Å².